The molecule has 1 aliphatic rings. The van der Waals surface area contributed by atoms with E-state index >= 15 is 0 Å². The first-order valence-corrected chi connectivity index (χ1v) is 4.69. The summed E-state index contributed by atoms with van der Waals surface area (Å²) in [4.78, 5) is 20.0. The molecule has 1 unspecified atom stereocenters. The first-order valence-electron chi connectivity index (χ1n) is 4.69. The molecule has 89 valence electrons. The van der Waals surface area contributed by atoms with Crippen LogP contribution in [0.1, 0.15) is 12.5 Å². The first kappa shape index (κ1) is 11.2. The van der Waals surface area contributed by atoms with Crippen LogP contribution in [0.5, 0.6) is 11.5 Å². The minimum absolute atomic E-state index is 0.0231. The number of hydrogen-bond donors (Lipinski definition) is 0. The number of ether oxygens (including phenoxy) is 3. The zero-order valence-corrected chi connectivity index (χ0v) is 8.84. The van der Waals surface area contributed by atoms with Gasteiger partial charge in [0.15, 0.2) is 11.5 Å². The lowest BCUT2D eigenvalue weighted by atomic mass is 10.2. The normalized spacial score (nSPS) is 21.0. The quantitative estimate of drug-likeness (QED) is 0.574. The second-order valence-corrected chi connectivity index (χ2v) is 3.51. The number of carbonyl (C=O) groups excluding carboxylic acids is 1. The van der Waals surface area contributed by atoms with Crippen molar-refractivity contribution in [3.05, 3.63) is 33.9 Å². The van der Waals surface area contributed by atoms with E-state index in [2.05, 4.69) is 4.74 Å². The molecule has 1 aromatic carbocycles. The third kappa shape index (κ3) is 1.99. The van der Waals surface area contributed by atoms with E-state index in [0.717, 1.165) is 0 Å². The highest BCUT2D eigenvalue weighted by atomic mass is 16.8. The molecule has 0 aliphatic carbocycles. The van der Waals surface area contributed by atoms with Crippen LogP contribution in [-0.4, -0.2) is 17.3 Å². The molecule has 7 heteroatoms. The molecule has 0 saturated carbocycles. The van der Waals surface area contributed by atoms with E-state index < -0.39 is 10.8 Å². The summed E-state index contributed by atoms with van der Waals surface area (Å²) in [6, 6.07) is 4.65. The summed E-state index contributed by atoms with van der Waals surface area (Å²) in [6.45, 7) is 2.52. The zero-order chi connectivity index (χ0) is 12.5. The van der Waals surface area contributed by atoms with Gasteiger partial charge in [-0.1, -0.05) is 6.07 Å². The van der Waals surface area contributed by atoms with Gasteiger partial charge in [0.2, 0.25) is 0 Å². The van der Waals surface area contributed by atoms with E-state index in [-0.39, 0.29) is 18.1 Å². The third-order valence-corrected chi connectivity index (χ3v) is 2.24. The summed E-state index contributed by atoms with van der Waals surface area (Å²) in [5, 5.41) is 10.7. The molecule has 2 rings (SSSR count). The Hall–Kier alpha value is -2.31. The topological polar surface area (TPSA) is 87.9 Å². The summed E-state index contributed by atoms with van der Waals surface area (Å²) in [5.41, 5.74) is 0.628. The van der Waals surface area contributed by atoms with E-state index in [1.54, 1.807) is 6.07 Å². The van der Waals surface area contributed by atoms with Gasteiger partial charge in [0.05, 0.1) is 6.92 Å². The Bertz CT molecular complexity index is 474. The molecular weight excluding hydrogens is 230 g/mol. The summed E-state index contributed by atoms with van der Waals surface area (Å²) < 4.78 is 14.6. The van der Waals surface area contributed by atoms with Crippen LogP contribution >= 0.6 is 0 Å². The van der Waals surface area contributed by atoms with Crippen molar-refractivity contribution in [3.63, 3.8) is 0 Å². The number of fused-ring (bicyclic) bond motifs is 1. The Morgan fingerprint density at radius 1 is 1.47 bits per heavy atom. The van der Waals surface area contributed by atoms with Crippen LogP contribution in [0.15, 0.2) is 18.2 Å². The molecule has 1 heterocycles. The van der Waals surface area contributed by atoms with Gasteiger partial charge in [-0.25, -0.2) is 4.79 Å². The molecule has 1 radical (unpaired) electrons. The van der Waals surface area contributed by atoms with E-state index in [4.69, 9.17) is 9.47 Å². The van der Waals surface area contributed by atoms with Gasteiger partial charge in [0.25, 0.3) is 0 Å². The van der Waals surface area contributed by atoms with Gasteiger partial charge in [-0.05, 0) is 17.7 Å². The minimum atomic E-state index is -1.90. The van der Waals surface area contributed by atoms with Gasteiger partial charge in [-0.2, -0.15) is 0 Å². The number of hydrogen-bond acceptors (Lipinski definition) is 6. The maximum Gasteiger partial charge on any atom is 0.523 e. The SMILES string of the molecule is CC1([N+](=O)[O-])Oc2ccc(CO[C]=O)cc2O1. The number of nitrogens with zero attached hydrogens (tertiary/aromatic N) is 1. The molecule has 1 aromatic rings. The van der Waals surface area contributed by atoms with Crippen LogP contribution in [-0.2, 0) is 16.1 Å². The van der Waals surface area contributed by atoms with Crippen LogP contribution in [0.3, 0.4) is 0 Å². The smallest absolute Gasteiger partial charge is 0.452 e. The molecule has 17 heavy (non-hydrogen) atoms. The fourth-order valence-electron chi connectivity index (χ4n) is 1.42. The minimum Gasteiger partial charge on any atom is -0.452 e. The molecule has 0 bridgehead atoms. The van der Waals surface area contributed by atoms with Crippen molar-refractivity contribution >= 4 is 6.47 Å². The predicted molar refractivity (Wildman–Crippen MR) is 53.6 cm³/mol. The molecule has 7 nitrogen and oxygen atoms in total. The van der Waals surface area contributed by atoms with Crippen LogP contribution in [0.4, 0.5) is 0 Å². The Balaban J connectivity index is 2.21. The van der Waals surface area contributed by atoms with Gasteiger partial charge in [0.1, 0.15) is 11.5 Å². The monoisotopic (exact) mass is 238 g/mol. The molecule has 0 saturated heterocycles. The molecule has 0 amide bonds. The molecule has 0 fully saturated rings. The standard InChI is InChI=1S/C10H8NO6/c1-10(11(13)14)16-8-3-2-7(5-15-6-12)4-9(8)17-10/h2-4H,5H2,1H3. The Morgan fingerprint density at radius 3 is 2.82 bits per heavy atom. The second-order valence-electron chi connectivity index (χ2n) is 3.51. The maximum absolute atomic E-state index is 10.7. The van der Waals surface area contributed by atoms with Gasteiger partial charge >= 0.3 is 12.4 Å². The van der Waals surface area contributed by atoms with Crippen molar-refractivity contribution in [3.8, 4) is 11.5 Å². The molecule has 0 N–H and O–H groups in total. The van der Waals surface area contributed by atoms with Crippen LogP contribution in [0.2, 0.25) is 0 Å². The van der Waals surface area contributed by atoms with Crippen LogP contribution < -0.4 is 9.47 Å². The fraction of sp³-hybridized carbons (Fsp3) is 0.300. The molecule has 1 atom stereocenters. The highest BCUT2D eigenvalue weighted by molar-refractivity contribution is 5.46. The highest BCUT2D eigenvalue weighted by Crippen LogP contribution is 2.39. The average molecular weight is 238 g/mol. The van der Waals surface area contributed by atoms with Crippen molar-refractivity contribution in [1.29, 1.82) is 0 Å². The van der Waals surface area contributed by atoms with E-state index in [9.17, 15) is 14.9 Å². The first-order chi connectivity index (χ1) is 8.05. The van der Waals surface area contributed by atoms with Gasteiger partial charge in [-0.3, -0.25) is 10.1 Å². The van der Waals surface area contributed by atoms with Crippen molar-refractivity contribution in [1.82, 2.24) is 0 Å². The lowest BCUT2D eigenvalue weighted by Gasteiger charge is -2.11. The highest BCUT2D eigenvalue weighted by Gasteiger charge is 2.49. The molecule has 1 aliphatic heterocycles. The van der Waals surface area contributed by atoms with E-state index in [1.165, 1.54) is 25.5 Å². The zero-order valence-electron chi connectivity index (χ0n) is 8.84. The molecule has 0 spiro atoms. The van der Waals surface area contributed by atoms with Crippen molar-refractivity contribution < 1.29 is 23.9 Å². The Labute approximate surface area is 96.0 Å². The predicted octanol–water partition coefficient (Wildman–Crippen LogP) is 0.992. The third-order valence-electron chi connectivity index (χ3n) is 2.24. The summed E-state index contributed by atoms with van der Waals surface area (Å²) in [5.74, 6) is -1.38. The Kier molecular flexibility index (Phi) is 2.58. The fourth-order valence-corrected chi connectivity index (χ4v) is 1.42. The maximum atomic E-state index is 10.7. The summed E-state index contributed by atoms with van der Waals surface area (Å²) >= 11 is 0. The largest absolute Gasteiger partial charge is 0.523 e. The van der Waals surface area contributed by atoms with Gasteiger partial charge in [0, 0.05) is 0 Å². The summed E-state index contributed by atoms with van der Waals surface area (Å²) in [7, 11) is 0. The lowest BCUT2D eigenvalue weighted by Crippen LogP contribution is -2.43. The van der Waals surface area contributed by atoms with Crippen LogP contribution in [0.25, 0.3) is 0 Å². The molecule has 0 aromatic heterocycles. The number of rotatable bonds is 4. The van der Waals surface area contributed by atoms with Crippen LogP contribution in [0, 0.1) is 10.1 Å². The second kappa shape index (κ2) is 3.93. The summed E-state index contributed by atoms with van der Waals surface area (Å²) in [6.07, 6.45) is 0. The average Bonchev–Trinajstić information content (AvgIpc) is 2.63. The van der Waals surface area contributed by atoms with Gasteiger partial charge < -0.3 is 14.2 Å². The van der Waals surface area contributed by atoms with Gasteiger partial charge in [-0.15, -0.1) is 0 Å². The van der Waals surface area contributed by atoms with Crippen molar-refractivity contribution in [2.75, 3.05) is 0 Å². The van der Waals surface area contributed by atoms with E-state index in [1.807, 2.05) is 0 Å². The molecular formula is C10H8NO6. The Morgan fingerprint density at radius 2 is 2.18 bits per heavy atom. The number of nitro groups is 1. The lowest BCUT2D eigenvalue weighted by molar-refractivity contribution is -0.652. The van der Waals surface area contributed by atoms with Crippen molar-refractivity contribution in [2.45, 2.75) is 19.4 Å². The van der Waals surface area contributed by atoms with E-state index in [0.29, 0.717) is 5.56 Å². The van der Waals surface area contributed by atoms with Crippen molar-refractivity contribution in [2.24, 2.45) is 0 Å². The number of benzene rings is 1.